The average Bonchev–Trinajstić information content (AvgIpc) is 2.29. The van der Waals surface area contributed by atoms with E-state index in [1.807, 2.05) is 0 Å². The van der Waals surface area contributed by atoms with Crippen molar-refractivity contribution in [2.24, 2.45) is 0 Å². The summed E-state index contributed by atoms with van der Waals surface area (Å²) < 4.78 is 26.5. The lowest BCUT2D eigenvalue weighted by Crippen LogP contribution is -1.85. The number of hydrogen-bond donors (Lipinski definition) is 0. The van der Waals surface area contributed by atoms with Crippen molar-refractivity contribution in [2.45, 2.75) is 78.1 Å². The fourth-order valence-electron chi connectivity index (χ4n) is 1.69. The number of allylic oxidation sites excluding steroid dienone is 2. The Morgan fingerprint density at radius 2 is 1.00 bits per heavy atom. The maximum absolute atomic E-state index is 13.2. The van der Waals surface area contributed by atoms with Crippen molar-refractivity contribution >= 4 is 0 Å². The van der Waals surface area contributed by atoms with E-state index in [4.69, 9.17) is 0 Å². The van der Waals surface area contributed by atoms with Gasteiger partial charge in [-0.1, -0.05) is 52.4 Å². The molecule has 2 heteroatoms. The van der Waals surface area contributed by atoms with Gasteiger partial charge in [0.2, 0.25) is 0 Å². The number of halogens is 2. The third-order valence-corrected chi connectivity index (χ3v) is 2.79. The van der Waals surface area contributed by atoms with E-state index in [9.17, 15) is 8.78 Å². The first-order valence-corrected chi connectivity index (χ1v) is 6.75. The van der Waals surface area contributed by atoms with Crippen molar-refractivity contribution in [2.75, 3.05) is 0 Å². The first-order chi connectivity index (χ1) is 7.72. The van der Waals surface area contributed by atoms with Crippen LogP contribution in [-0.4, -0.2) is 0 Å². The topological polar surface area (TPSA) is 0 Å². The molecule has 0 radical (unpaired) electrons. The Morgan fingerprint density at radius 3 is 1.31 bits per heavy atom. The summed E-state index contributed by atoms with van der Waals surface area (Å²) in [7, 11) is 0. The predicted molar refractivity (Wildman–Crippen MR) is 66.8 cm³/mol. The molecule has 96 valence electrons. The van der Waals surface area contributed by atoms with Crippen LogP contribution < -0.4 is 0 Å². The second-order valence-electron chi connectivity index (χ2n) is 4.43. The van der Waals surface area contributed by atoms with Crippen molar-refractivity contribution in [1.29, 1.82) is 0 Å². The normalized spacial score (nSPS) is 12.8. The minimum Gasteiger partial charge on any atom is -0.209 e. The second kappa shape index (κ2) is 11.1. The van der Waals surface area contributed by atoms with Gasteiger partial charge in [0.1, 0.15) is 11.7 Å². The molecule has 0 aromatic heterocycles. The van der Waals surface area contributed by atoms with Gasteiger partial charge in [0.15, 0.2) is 0 Å². The maximum Gasteiger partial charge on any atom is 0.131 e. The molecule has 0 N–H and O–H groups in total. The summed E-state index contributed by atoms with van der Waals surface area (Å²) in [5.74, 6) is -1.01. The lowest BCUT2D eigenvalue weighted by molar-refractivity contribution is 0.464. The molecule has 0 aliphatic carbocycles. The molecule has 0 aromatic carbocycles. The molecule has 0 saturated carbocycles. The third-order valence-electron chi connectivity index (χ3n) is 2.79. The van der Waals surface area contributed by atoms with E-state index >= 15 is 0 Å². The minimum absolute atomic E-state index is 0.291. The molecule has 16 heavy (non-hydrogen) atoms. The zero-order chi connectivity index (χ0) is 12.2. The van der Waals surface area contributed by atoms with Gasteiger partial charge in [0, 0.05) is 12.8 Å². The van der Waals surface area contributed by atoms with Gasteiger partial charge >= 0.3 is 0 Å². The van der Waals surface area contributed by atoms with Crippen LogP contribution >= 0.6 is 0 Å². The molecular weight excluding hydrogens is 206 g/mol. The van der Waals surface area contributed by atoms with E-state index in [1.165, 1.54) is 0 Å². The molecular formula is C14H26F2. The zero-order valence-electron chi connectivity index (χ0n) is 10.8. The number of hydrogen-bond acceptors (Lipinski definition) is 0. The lowest BCUT2D eigenvalue weighted by atomic mass is 10.1. The monoisotopic (exact) mass is 232 g/mol. The summed E-state index contributed by atoms with van der Waals surface area (Å²) in [5, 5.41) is 0. The molecule has 0 fully saturated rings. The van der Waals surface area contributed by atoms with Crippen LogP contribution in [0.15, 0.2) is 11.7 Å². The Morgan fingerprint density at radius 1 is 0.625 bits per heavy atom. The molecule has 0 spiro atoms. The molecule has 0 rings (SSSR count). The van der Waals surface area contributed by atoms with Crippen LogP contribution in [0, 0.1) is 0 Å². The molecule has 0 unspecified atom stereocenters. The highest BCUT2D eigenvalue weighted by Crippen LogP contribution is 2.21. The molecule has 0 nitrogen and oxygen atoms in total. The van der Waals surface area contributed by atoms with Crippen LogP contribution in [0.1, 0.15) is 78.1 Å². The van der Waals surface area contributed by atoms with Gasteiger partial charge in [-0.15, -0.1) is 0 Å². The standard InChI is InChI=1S/C14H26F2/c1-3-5-7-9-11-13(15)14(16)12-10-8-6-4-2/h3-12H2,1-2H3/b14-13+. The van der Waals surface area contributed by atoms with Crippen molar-refractivity contribution < 1.29 is 8.78 Å². The Kier molecular flexibility index (Phi) is 10.8. The van der Waals surface area contributed by atoms with E-state index in [0.29, 0.717) is 12.8 Å². The zero-order valence-corrected chi connectivity index (χ0v) is 10.8. The summed E-state index contributed by atoms with van der Waals surface area (Å²) in [6.45, 7) is 4.22. The quantitative estimate of drug-likeness (QED) is 0.400. The van der Waals surface area contributed by atoms with Crippen molar-refractivity contribution in [3.63, 3.8) is 0 Å². The Labute approximate surface area is 99.1 Å². The van der Waals surface area contributed by atoms with E-state index in [2.05, 4.69) is 13.8 Å². The van der Waals surface area contributed by atoms with E-state index in [0.717, 1.165) is 51.4 Å². The van der Waals surface area contributed by atoms with E-state index in [1.54, 1.807) is 0 Å². The SMILES string of the molecule is CCCCCC/C(F)=C(\F)CCCCCC. The van der Waals surface area contributed by atoms with Crippen molar-refractivity contribution in [3.8, 4) is 0 Å². The summed E-state index contributed by atoms with van der Waals surface area (Å²) in [4.78, 5) is 0. The molecule has 0 heterocycles. The first kappa shape index (κ1) is 15.6. The lowest BCUT2D eigenvalue weighted by Gasteiger charge is -2.02. The van der Waals surface area contributed by atoms with Gasteiger partial charge < -0.3 is 0 Å². The Hall–Kier alpha value is -0.400. The second-order valence-corrected chi connectivity index (χ2v) is 4.43. The summed E-state index contributed by atoms with van der Waals surface area (Å²) >= 11 is 0. The fraction of sp³-hybridized carbons (Fsp3) is 0.857. The van der Waals surface area contributed by atoms with Gasteiger partial charge in [-0.2, -0.15) is 0 Å². The van der Waals surface area contributed by atoms with Crippen molar-refractivity contribution in [3.05, 3.63) is 11.7 Å². The molecule has 0 aliphatic heterocycles. The fourth-order valence-corrected chi connectivity index (χ4v) is 1.69. The van der Waals surface area contributed by atoms with Crippen LogP contribution in [0.2, 0.25) is 0 Å². The molecule has 0 aromatic rings. The van der Waals surface area contributed by atoms with E-state index < -0.39 is 11.7 Å². The third kappa shape index (κ3) is 8.87. The highest BCUT2D eigenvalue weighted by atomic mass is 19.2. The highest BCUT2D eigenvalue weighted by Gasteiger charge is 2.05. The molecule has 0 bridgehead atoms. The summed E-state index contributed by atoms with van der Waals surface area (Å²) in [6.07, 6.45) is 8.65. The smallest absolute Gasteiger partial charge is 0.131 e. The largest absolute Gasteiger partial charge is 0.209 e. The minimum atomic E-state index is -0.507. The maximum atomic E-state index is 13.2. The number of rotatable bonds is 10. The Balaban J connectivity index is 3.60. The molecule has 0 aliphatic rings. The van der Waals surface area contributed by atoms with Gasteiger partial charge in [-0.3, -0.25) is 0 Å². The predicted octanol–water partition coefficient (Wildman–Crippen LogP) is 6.08. The van der Waals surface area contributed by atoms with Crippen LogP contribution in [-0.2, 0) is 0 Å². The van der Waals surface area contributed by atoms with Crippen LogP contribution in [0.4, 0.5) is 8.78 Å². The highest BCUT2D eigenvalue weighted by molar-refractivity contribution is 4.99. The molecule has 0 atom stereocenters. The number of unbranched alkanes of at least 4 members (excludes halogenated alkanes) is 6. The van der Waals surface area contributed by atoms with E-state index in [-0.39, 0.29) is 0 Å². The van der Waals surface area contributed by atoms with Gasteiger partial charge in [0.25, 0.3) is 0 Å². The van der Waals surface area contributed by atoms with Gasteiger partial charge in [0.05, 0.1) is 0 Å². The van der Waals surface area contributed by atoms with Crippen LogP contribution in [0.5, 0.6) is 0 Å². The van der Waals surface area contributed by atoms with Crippen molar-refractivity contribution in [1.82, 2.24) is 0 Å². The van der Waals surface area contributed by atoms with Gasteiger partial charge in [-0.05, 0) is 12.8 Å². The summed E-state index contributed by atoms with van der Waals surface area (Å²) in [5.41, 5.74) is 0. The Bertz CT molecular complexity index is 165. The molecule has 0 amide bonds. The first-order valence-electron chi connectivity index (χ1n) is 6.75. The summed E-state index contributed by atoms with van der Waals surface area (Å²) in [6, 6.07) is 0. The average molecular weight is 232 g/mol. The molecule has 0 saturated heterocycles. The van der Waals surface area contributed by atoms with Crippen LogP contribution in [0.25, 0.3) is 0 Å². The van der Waals surface area contributed by atoms with Gasteiger partial charge in [-0.25, -0.2) is 8.78 Å². The van der Waals surface area contributed by atoms with Crippen LogP contribution in [0.3, 0.4) is 0 Å².